The number of carboxylic acids is 1. The maximum Gasteiger partial charge on any atom is 0.332 e. The lowest BCUT2D eigenvalue weighted by Gasteiger charge is -2.29. The van der Waals surface area contributed by atoms with E-state index in [0.717, 1.165) is 48.5 Å². The summed E-state index contributed by atoms with van der Waals surface area (Å²) in [5.41, 5.74) is 1.65. The number of carbonyl (C=O) groups is 1. The van der Waals surface area contributed by atoms with E-state index in [1.165, 1.54) is 0 Å². The van der Waals surface area contributed by atoms with E-state index in [4.69, 9.17) is 23.7 Å². The van der Waals surface area contributed by atoms with Gasteiger partial charge in [-0.25, -0.2) is 9.78 Å². The molecule has 1 aliphatic rings. The zero-order valence-corrected chi connectivity index (χ0v) is 17.2. The van der Waals surface area contributed by atoms with Crippen LogP contribution in [0, 0.1) is 12.8 Å². The first-order valence-electron chi connectivity index (χ1n) is 10.0. The van der Waals surface area contributed by atoms with Crippen LogP contribution in [0.2, 0.25) is 0 Å². The van der Waals surface area contributed by atoms with Gasteiger partial charge in [-0.3, -0.25) is 0 Å². The number of rotatable bonds is 9. The standard InChI is InChI=1S/C22H29NO6/c1-14-20(23-21(29-14)17-7-5-8-18(11-17)26-3)13-28-19-9-4-6-16(10-19)12-27-15(2)22(24)25/h5,7-8,11,15-16,19H,4,6,9-10,12-13H2,1-3H3,(H,24,25). The van der Waals surface area contributed by atoms with Crippen LogP contribution < -0.4 is 4.74 Å². The number of hydrogen-bond donors (Lipinski definition) is 1. The number of carboxylic acid groups (broad SMARTS) is 1. The van der Waals surface area contributed by atoms with Crippen molar-refractivity contribution >= 4 is 5.97 Å². The monoisotopic (exact) mass is 403 g/mol. The Morgan fingerprint density at radius 3 is 2.97 bits per heavy atom. The van der Waals surface area contributed by atoms with Crippen molar-refractivity contribution in [3.05, 3.63) is 35.7 Å². The molecule has 7 heteroatoms. The van der Waals surface area contributed by atoms with E-state index in [1.54, 1.807) is 14.0 Å². The molecule has 7 nitrogen and oxygen atoms in total. The summed E-state index contributed by atoms with van der Waals surface area (Å²) in [5.74, 6) is 1.44. The molecular formula is C22H29NO6. The minimum Gasteiger partial charge on any atom is -0.497 e. The van der Waals surface area contributed by atoms with Crippen molar-refractivity contribution in [1.82, 2.24) is 4.98 Å². The maximum absolute atomic E-state index is 10.9. The Labute approximate surface area is 171 Å². The second-order valence-electron chi connectivity index (χ2n) is 7.53. The van der Waals surface area contributed by atoms with Crippen molar-refractivity contribution in [2.45, 2.75) is 58.3 Å². The molecule has 3 unspecified atom stereocenters. The minimum atomic E-state index is -0.929. The number of aliphatic carboxylic acids is 1. The molecule has 1 aromatic carbocycles. The fourth-order valence-electron chi connectivity index (χ4n) is 3.53. The Kier molecular flexibility index (Phi) is 7.28. The SMILES string of the molecule is COc1cccc(-c2nc(COC3CCCC(COC(C)C(=O)O)C3)c(C)o2)c1. The Morgan fingerprint density at radius 2 is 2.21 bits per heavy atom. The van der Waals surface area contributed by atoms with Gasteiger partial charge in [0.05, 0.1) is 26.4 Å². The van der Waals surface area contributed by atoms with E-state index in [9.17, 15) is 4.79 Å². The fourth-order valence-corrected chi connectivity index (χ4v) is 3.53. The Morgan fingerprint density at radius 1 is 1.38 bits per heavy atom. The Balaban J connectivity index is 1.54. The second kappa shape index (κ2) is 9.89. The van der Waals surface area contributed by atoms with Crippen LogP contribution in [0.25, 0.3) is 11.5 Å². The maximum atomic E-state index is 10.9. The summed E-state index contributed by atoms with van der Waals surface area (Å²) < 4.78 is 22.6. The molecule has 158 valence electrons. The molecule has 0 amide bonds. The molecule has 1 saturated carbocycles. The summed E-state index contributed by atoms with van der Waals surface area (Å²) in [4.78, 5) is 15.5. The number of methoxy groups -OCH3 is 1. The van der Waals surface area contributed by atoms with Crippen molar-refractivity contribution in [1.29, 1.82) is 0 Å². The van der Waals surface area contributed by atoms with E-state index in [0.29, 0.717) is 25.0 Å². The highest BCUT2D eigenvalue weighted by Gasteiger charge is 2.25. The molecule has 0 saturated heterocycles. The van der Waals surface area contributed by atoms with Gasteiger partial charge in [0.25, 0.3) is 0 Å². The lowest BCUT2D eigenvalue weighted by atomic mass is 9.87. The molecular weight excluding hydrogens is 374 g/mol. The summed E-state index contributed by atoms with van der Waals surface area (Å²) in [5, 5.41) is 8.94. The molecule has 0 bridgehead atoms. The summed E-state index contributed by atoms with van der Waals surface area (Å²) in [7, 11) is 1.63. The highest BCUT2D eigenvalue weighted by molar-refractivity contribution is 5.71. The summed E-state index contributed by atoms with van der Waals surface area (Å²) in [6.45, 7) is 4.30. The van der Waals surface area contributed by atoms with Crippen LogP contribution in [0.3, 0.4) is 0 Å². The fraction of sp³-hybridized carbons (Fsp3) is 0.545. The van der Waals surface area contributed by atoms with Gasteiger partial charge in [0.15, 0.2) is 6.10 Å². The van der Waals surface area contributed by atoms with Gasteiger partial charge in [-0.1, -0.05) is 12.5 Å². The molecule has 0 aliphatic heterocycles. The van der Waals surface area contributed by atoms with Crippen LogP contribution in [-0.2, 0) is 20.9 Å². The number of hydrogen-bond acceptors (Lipinski definition) is 6. The average Bonchev–Trinajstić information content (AvgIpc) is 3.11. The molecule has 2 aromatic rings. The van der Waals surface area contributed by atoms with E-state index in [1.807, 2.05) is 31.2 Å². The van der Waals surface area contributed by atoms with Gasteiger partial charge in [0.2, 0.25) is 5.89 Å². The minimum absolute atomic E-state index is 0.119. The molecule has 1 heterocycles. The topological polar surface area (TPSA) is 91.0 Å². The Bertz CT molecular complexity index is 817. The van der Waals surface area contributed by atoms with E-state index in [2.05, 4.69) is 4.98 Å². The van der Waals surface area contributed by atoms with Gasteiger partial charge in [-0.15, -0.1) is 0 Å². The highest BCUT2D eigenvalue weighted by Crippen LogP contribution is 2.29. The van der Waals surface area contributed by atoms with Gasteiger partial charge < -0.3 is 23.7 Å². The van der Waals surface area contributed by atoms with E-state index >= 15 is 0 Å². The smallest absolute Gasteiger partial charge is 0.332 e. The number of nitrogens with zero attached hydrogens (tertiary/aromatic N) is 1. The van der Waals surface area contributed by atoms with Crippen LogP contribution in [-0.4, -0.2) is 42.0 Å². The van der Waals surface area contributed by atoms with Crippen molar-refractivity contribution in [3.8, 4) is 17.2 Å². The van der Waals surface area contributed by atoms with Crippen molar-refractivity contribution < 1.29 is 28.5 Å². The lowest BCUT2D eigenvalue weighted by Crippen LogP contribution is -2.29. The highest BCUT2D eigenvalue weighted by atomic mass is 16.5. The quantitative estimate of drug-likeness (QED) is 0.670. The predicted molar refractivity (Wildman–Crippen MR) is 107 cm³/mol. The first kappa shape index (κ1) is 21.3. The van der Waals surface area contributed by atoms with Crippen LogP contribution in [0.5, 0.6) is 5.75 Å². The second-order valence-corrected chi connectivity index (χ2v) is 7.53. The van der Waals surface area contributed by atoms with Crippen molar-refractivity contribution in [2.75, 3.05) is 13.7 Å². The Hall–Kier alpha value is -2.38. The number of aromatic nitrogens is 1. The number of aryl methyl sites for hydroxylation is 1. The van der Waals surface area contributed by atoms with Gasteiger partial charge in [0.1, 0.15) is 17.2 Å². The molecule has 1 aliphatic carbocycles. The average molecular weight is 403 g/mol. The van der Waals surface area contributed by atoms with E-state index in [-0.39, 0.29) is 6.10 Å². The van der Waals surface area contributed by atoms with Gasteiger partial charge in [0, 0.05) is 5.56 Å². The normalized spacial score (nSPS) is 20.4. The third kappa shape index (κ3) is 5.81. The lowest BCUT2D eigenvalue weighted by molar-refractivity contribution is -0.150. The molecule has 3 rings (SSSR count). The first-order chi connectivity index (χ1) is 14.0. The summed E-state index contributed by atoms with van der Waals surface area (Å²) >= 11 is 0. The predicted octanol–water partition coefficient (Wildman–Crippen LogP) is 4.22. The molecule has 1 N–H and O–H groups in total. The largest absolute Gasteiger partial charge is 0.497 e. The van der Waals surface area contributed by atoms with Gasteiger partial charge in [-0.05, 0) is 57.2 Å². The third-order valence-corrected chi connectivity index (χ3v) is 5.33. The van der Waals surface area contributed by atoms with Crippen LogP contribution in [0.1, 0.15) is 44.1 Å². The van der Waals surface area contributed by atoms with Gasteiger partial charge in [-0.2, -0.15) is 0 Å². The zero-order valence-electron chi connectivity index (χ0n) is 17.2. The molecule has 29 heavy (non-hydrogen) atoms. The van der Waals surface area contributed by atoms with Gasteiger partial charge >= 0.3 is 5.97 Å². The molecule has 0 spiro atoms. The number of benzene rings is 1. The molecule has 3 atom stereocenters. The number of ether oxygens (including phenoxy) is 3. The summed E-state index contributed by atoms with van der Waals surface area (Å²) in [6, 6.07) is 7.60. The van der Waals surface area contributed by atoms with Crippen LogP contribution >= 0.6 is 0 Å². The number of oxazole rings is 1. The van der Waals surface area contributed by atoms with Crippen molar-refractivity contribution in [2.24, 2.45) is 5.92 Å². The third-order valence-electron chi connectivity index (χ3n) is 5.33. The molecule has 1 fully saturated rings. The van der Waals surface area contributed by atoms with E-state index < -0.39 is 12.1 Å². The van der Waals surface area contributed by atoms with Crippen molar-refractivity contribution in [3.63, 3.8) is 0 Å². The first-order valence-corrected chi connectivity index (χ1v) is 10.0. The molecule has 0 radical (unpaired) electrons. The van der Waals surface area contributed by atoms with Crippen LogP contribution in [0.15, 0.2) is 28.7 Å². The zero-order chi connectivity index (χ0) is 20.8. The summed E-state index contributed by atoms with van der Waals surface area (Å²) in [6.07, 6.45) is 3.29. The molecule has 1 aromatic heterocycles. The van der Waals surface area contributed by atoms with Crippen LogP contribution in [0.4, 0.5) is 0 Å².